The van der Waals surface area contributed by atoms with Gasteiger partial charge in [-0.05, 0) is 34.0 Å². The van der Waals surface area contributed by atoms with Crippen LogP contribution in [0, 0.1) is 5.92 Å². The maximum absolute atomic E-state index is 11.5. The van der Waals surface area contributed by atoms with E-state index in [4.69, 9.17) is 11.6 Å². The second-order valence-corrected chi connectivity index (χ2v) is 5.35. The minimum Gasteiger partial charge on any atom is -0.375 e. The van der Waals surface area contributed by atoms with E-state index in [0.717, 1.165) is 10.2 Å². The highest BCUT2D eigenvalue weighted by molar-refractivity contribution is 9.10. The summed E-state index contributed by atoms with van der Waals surface area (Å²) in [5.74, 6) is 0.433. The molecule has 1 aromatic carbocycles. The summed E-state index contributed by atoms with van der Waals surface area (Å²) in [6.07, 6.45) is 0. The van der Waals surface area contributed by atoms with Gasteiger partial charge < -0.3 is 10.6 Å². The summed E-state index contributed by atoms with van der Waals surface area (Å²) in [6, 6.07) is 5.49. The molecule has 0 unspecified atom stereocenters. The first-order valence-electron chi connectivity index (χ1n) is 5.45. The molecule has 1 aromatic rings. The van der Waals surface area contributed by atoms with Crippen LogP contribution in [0.3, 0.4) is 0 Å². The van der Waals surface area contributed by atoms with Gasteiger partial charge in [-0.25, -0.2) is 0 Å². The van der Waals surface area contributed by atoms with Crippen LogP contribution in [-0.4, -0.2) is 19.0 Å². The highest BCUT2D eigenvalue weighted by Gasteiger charge is 2.06. The van der Waals surface area contributed by atoms with Crippen LogP contribution in [0.4, 0.5) is 5.69 Å². The van der Waals surface area contributed by atoms with E-state index in [1.165, 1.54) is 0 Å². The second kappa shape index (κ2) is 6.87. The van der Waals surface area contributed by atoms with Gasteiger partial charge in [0.2, 0.25) is 5.91 Å². The molecule has 3 nitrogen and oxygen atoms in total. The average molecular weight is 320 g/mol. The summed E-state index contributed by atoms with van der Waals surface area (Å²) in [7, 11) is 0. The van der Waals surface area contributed by atoms with Crippen LogP contribution in [0.15, 0.2) is 22.7 Å². The average Bonchev–Trinajstić information content (AvgIpc) is 2.28. The smallest absolute Gasteiger partial charge is 0.239 e. The van der Waals surface area contributed by atoms with Crippen molar-refractivity contribution in [2.75, 3.05) is 18.4 Å². The van der Waals surface area contributed by atoms with Crippen molar-refractivity contribution >= 4 is 39.1 Å². The number of anilines is 1. The van der Waals surface area contributed by atoms with Gasteiger partial charge in [0.1, 0.15) is 0 Å². The van der Waals surface area contributed by atoms with Crippen molar-refractivity contribution in [3.8, 4) is 0 Å². The molecule has 1 rings (SSSR count). The molecule has 0 atom stereocenters. The van der Waals surface area contributed by atoms with E-state index in [-0.39, 0.29) is 12.5 Å². The lowest BCUT2D eigenvalue weighted by molar-refractivity contribution is -0.119. The van der Waals surface area contributed by atoms with Crippen molar-refractivity contribution in [3.05, 3.63) is 27.7 Å². The number of rotatable bonds is 5. The maximum atomic E-state index is 11.5. The highest BCUT2D eigenvalue weighted by atomic mass is 79.9. The van der Waals surface area contributed by atoms with Crippen molar-refractivity contribution in [1.29, 1.82) is 0 Å². The number of nitrogens with one attached hydrogen (secondary N) is 2. The van der Waals surface area contributed by atoms with E-state index >= 15 is 0 Å². The zero-order valence-electron chi connectivity index (χ0n) is 9.89. The Bertz CT molecular complexity index is 396. The molecule has 0 heterocycles. The fourth-order valence-corrected chi connectivity index (χ4v) is 1.78. The van der Waals surface area contributed by atoms with Crippen molar-refractivity contribution in [2.24, 2.45) is 5.92 Å². The summed E-state index contributed by atoms with van der Waals surface area (Å²) in [5.41, 5.74) is 0.817. The molecule has 94 valence electrons. The van der Waals surface area contributed by atoms with Crippen LogP contribution in [0.2, 0.25) is 5.02 Å². The molecule has 1 amide bonds. The number of halogens is 2. The third-order valence-corrected chi connectivity index (χ3v) is 3.50. The van der Waals surface area contributed by atoms with Crippen LogP contribution in [0.1, 0.15) is 13.8 Å². The monoisotopic (exact) mass is 318 g/mol. The molecule has 0 aliphatic heterocycles. The molecule has 2 N–H and O–H groups in total. The zero-order valence-corrected chi connectivity index (χ0v) is 12.2. The highest BCUT2D eigenvalue weighted by Crippen LogP contribution is 2.29. The standard InChI is InChI=1S/C12H16BrClN2O/c1-8(2)6-16-11(17)7-15-10-5-3-4-9(14)12(10)13/h3-5,8,15H,6-7H2,1-2H3,(H,16,17). The maximum Gasteiger partial charge on any atom is 0.239 e. The van der Waals surface area contributed by atoms with Crippen molar-refractivity contribution < 1.29 is 4.79 Å². The lowest BCUT2D eigenvalue weighted by Crippen LogP contribution is -2.32. The van der Waals surface area contributed by atoms with E-state index in [2.05, 4.69) is 40.4 Å². The number of amides is 1. The first-order valence-corrected chi connectivity index (χ1v) is 6.62. The molecule has 0 radical (unpaired) electrons. The van der Waals surface area contributed by atoms with Gasteiger partial charge >= 0.3 is 0 Å². The topological polar surface area (TPSA) is 41.1 Å². The summed E-state index contributed by atoms with van der Waals surface area (Å²) in [6.45, 7) is 5.05. The summed E-state index contributed by atoms with van der Waals surface area (Å²) in [5, 5.41) is 6.49. The first-order chi connectivity index (χ1) is 8.00. The summed E-state index contributed by atoms with van der Waals surface area (Å²) < 4.78 is 0.776. The molecule has 0 bridgehead atoms. The predicted molar refractivity (Wildman–Crippen MR) is 75.5 cm³/mol. The van der Waals surface area contributed by atoms with Gasteiger partial charge in [0.15, 0.2) is 0 Å². The van der Waals surface area contributed by atoms with Gasteiger partial charge in [-0.3, -0.25) is 4.79 Å². The van der Waals surface area contributed by atoms with Gasteiger partial charge in [0, 0.05) is 6.54 Å². The lowest BCUT2D eigenvalue weighted by atomic mass is 10.2. The second-order valence-electron chi connectivity index (χ2n) is 4.15. The first kappa shape index (κ1) is 14.3. The Morgan fingerprint density at radius 3 is 2.82 bits per heavy atom. The molecule has 0 spiro atoms. The fourth-order valence-electron chi connectivity index (χ4n) is 1.20. The number of hydrogen-bond donors (Lipinski definition) is 2. The normalized spacial score (nSPS) is 10.4. The third kappa shape index (κ3) is 4.96. The van der Waals surface area contributed by atoms with Gasteiger partial charge in [-0.2, -0.15) is 0 Å². The van der Waals surface area contributed by atoms with Crippen LogP contribution in [0.5, 0.6) is 0 Å². The lowest BCUT2D eigenvalue weighted by Gasteiger charge is -2.11. The largest absolute Gasteiger partial charge is 0.375 e. The molecule has 0 aromatic heterocycles. The Labute approximate surface area is 115 Å². The number of carbonyl (C=O) groups is 1. The molecular formula is C12H16BrClN2O. The van der Waals surface area contributed by atoms with Crippen LogP contribution >= 0.6 is 27.5 Å². The van der Waals surface area contributed by atoms with E-state index < -0.39 is 0 Å². The summed E-state index contributed by atoms with van der Waals surface area (Å²) >= 11 is 9.31. The van der Waals surface area contributed by atoms with Gasteiger partial charge in [-0.1, -0.05) is 31.5 Å². The van der Waals surface area contributed by atoms with Crippen molar-refractivity contribution in [3.63, 3.8) is 0 Å². The minimum atomic E-state index is -0.0226. The van der Waals surface area contributed by atoms with Crippen molar-refractivity contribution in [1.82, 2.24) is 5.32 Å². The number of benzene rings is 1. The van der Waals surface area contributed by atoms with Gasteiger partial charge in [0.05, 0.1) is 21.7 Å². The Kier molecular flexibility index (Phi) is 5.78. The molecule has 17 heavy (non-hydrogen) atoms. The van der Waals surface area contributed by atoms with E-state index in [0.29, 0.717) is 17.5 Å². The van der Waals surface area contributed by atoms with E-state index in [1.807, 2.05) is 12.1 Å². The molecule has 0 saturated carbocycles. The quantitative estimate of drug-likeness (QED) is 0.874. The van der Waals surface area contributed by atoms with Crippen molar-refractivity contribution in [2.45, 2.75) is 13.8 Å². The minimum absolute atomic E-state index is 0.0226. The SMILES string of the molecule is CC(C)CNC(=O)CNc1cccc(Cl)c1Br. The van der Waals surface area contributed by atoms with Crippen LogP contribution < -0.4 is 10.6 Å². The molecular weight excluding hydrogens is 304 g/mol. The Hall–Kier alpha value is -0.740. The fraction of sp³-hybridized carbons (Fsp3) is 0.417. The Balaban J connectivity index is 2.45. The Morgan fingerprint density at radius 2 is 2.18 bits per heavy atom. The van der Waals surface area contributed by atoms with Gasteiger partial charge in [0.25, 0.3) is 0 Å². The molecule has 5 heteroatoms. The van der Waals surface area contributed by atoms with Crippen LogP contribution in [-0.2, 0) is 4.79 Å². The number of hydrogen-bond acceptors (Lipinski definition) is 2. The Morgan fingerprint density at radius 1 is 1.47 bits per heavy atom. The predicted octanol–water partition coefficient (Wildman–Crippen LogP) is 3.29. The third-order valence-electron chi connectivity index (χ3n) is 2.10. The van der Waals surface area contributed by atoms with E-state index in [1.54, 1.807) is 6.07 Å². The zero-order chi connectivity index (χ0) is 12.8. The van der Waals surface area contributed by atoms with Crippen LogP contribution in [0.25, 0.3) is 0 Å². The number of carbonyl (C=O) groups excluding carboxylic acids is 1. The summed E-state index contributed by atoms with van der Waals surface area (Å²) in [4.78, 5) is 11.5. The van der Waals surface area contributed by atoms with E-state index in [9.17, 15) is 4.79 Å². The molecule has 0 fully saturated rings. The van der Waals surface area contributed by atoms with Gasteiger partial charge in [-0.15, -0.1) is 0 Å². The molecule has 0 aliphatic rings. The molecule has 0 saturated heterocycles. The molecule has 0 aliphatic carbocycles.